The maximum atomic E-state index is 13.4. The molecule has 5 nitrogen and oxygen atoms in total. The summed E-state index contributed by atoms with van der Waals surface area (Å²) in [7, 11) is 0. The number of rotatable bonds is 4. The van der Waals surface area contributed by atoms with Crippen LogP contribution in [0.1, 0.15) is 20.8 Å². The molecule has 3 aromatic rings. The van der Waals surface area contributed by atoms with E-state index in [0.29, 0.717) is 27.1 Å². The zero-order valence-electron chi connectivity index (χ0n) is 14.1. The summed E-state index contributed by atoms with van der Waals surface area (Å²) in [6.07, 6.45) is 0. The number of nitrogen functional groups attached to an aromatic ring is 1. The molecule has 26 heavy (non-hydrogen) atoms. The molecule has 0 fully saturated rings. The molecule has 1 amide bonds. The highest BCUT2D eigenvalue weighted by Crippen LogP contribution is 2.31. The zero-order chi connectivity index (χ0) is 18.8. The van der Waals surface area contributed by atoms with E-state index in [1.807, 2.05) is 13.0 Å². The van der Waals surface area contributed by atoms with Gasteiger partial charge in [-0.1, -0.05) is 35.1 Å². The van der Waals surface area contributed by atoms with Gasteiger partial charge in [-0.15, -0.1) is 0 Å². The van der Waals surface area contributed by atoms with E-state index >= 15 is 0 Å². The van der Waals surface area contributed by atoms with Crippen molar-refractivity contribution in [3.8, 4) is 0 Å². The Labute approximate surface area is 159 Å². The van der Waals surface area contributed by atoms with Crippen LogP contribution >= 0.6 is 22.9 Å². The van der Waals surface area contributed by atoms with Gasteiger partial charge in [0.25, 0.3) is 5.91 Å². The average molecular weight is 391 g/mol. The predicted octanol–water partition coefficient (Wildman–Crippen LogP) is 5.13. The lowest BCUT2D eigenvalue weighted by Crippen LogP contribution is -2.13. The molecule has 3 rings (SSSR count). The fraction of sp³-hybridized carbons (Fsp3) is 0.111. The van der Waals surface area contributed by atoms with Crippen molar-refractivity contribution in [2.24, 2.45) is 0 Å². The third-order valence-electron chi connectivity index (χ3n) is 3.73. The minimum absolute atomic E-state index is 0.110. The van der Waals surface area contributed by atoms with Crippen LogP contribution in [0.2, 0.25) is 5.02 Å². The summed E-state index contributed by atoms with van der Waals surface area (Å²) in [6, 6.07) is 9.96. The fourth-order valence-corrected chi connectivity index (χ4v) is 3.42. The highest BCUT2D eigenvalue weighted by atomic mass is 35.5. The molecule has 0 saturated heterocycles. The molecule has 1 aromatic heterocycles. The van der Waals surface area contributed by atoms with E-state index in [9.17, 15) is 9.18 Å². The molecular weight excluding hydrogens is 375 g/mol. The van der Waals surface area contributed by atoms with Gasteiger partial charge in [-0.05, 0) is 49.2 Å². The number of aromatic nitrogens is 1. The van der Waals surface area contributed by atoms with Gasteiger partial charge in [0.1, 0.15) is 16.5 Å². The van der Waals surface area contributed by atoms with Gasteiger partial charge in [0.05, 0.1) is 10.7 Å². The Balaban J connectivity index is 1.81. The number of hydrogen-bond donors (Lipinski definition) is 3. The number of halogens is 2. The summed E-state index contributed by atoms with van der Waals surface area (Å²) in [5, 5.41) is 6.69. The number of para-hydroxylation sites is 1. The van der Waals surface area contributed by atoms with Gasteiger partial charge in [0.15, 0.2) is 5.13 Å². The first-order chi connectivity index (χ1) is 12.3. The molecule has 0 aliphatic heterocycles. The summed E-state index contributed by atoms with van der Waals surface area (Å²) in [4.78, 5) is 17.0. The van der Waals surface area contributed by atoms with Crippen LogP contribution in [0.25, 0.3) is 0 Å². The van der Waals surface area contributed by atoms with E-state index in [4.69, 9.17) is 17.3 Å². The molecule has 1 heterocycles. The predicted molar refractivity (Wildman–Crippen MR) is 105 cm³/mol. The Morgan fingerprint density at radius 1 is 1.23 bits per heavy atom. The summed E-state index contributed by atoms with van der Waals surface area (Å²) in [5.41, 5.74) is 8.43. The fourth-order valence-electron chi connectivity index (χ4n) is 2.35. The number of benzene rings is 2. The van der Waals surface area contributed by atoms with Gasteiger partial charge in [-0.3, -0.25) is 4.79 Å². The van der Waals surface area contributed by atoms with Crippen LogP contribution in [0.15, 0.2) is 36.4 Å². The second-order valence-corrected chi connectivity index (χ2v) is 7.11. The lowest BCUT2D eigenvalue weighted by atomic mass is 10.2. The number of aryl methyl sites for hydroxylation is 2. The van der Waals surface area contributed by atoms with Gasteiger partial charge in [0.2, 0.25) is 0 Å². The number of nitrogens with zero attached hydrogens (tertiary/aromatic N) is 1. The van der Waals surface area contributed by atoms with Crippen LogP contribution in [0.3, 0.4) is 0 Å². The quantitative estimate of drug-likeness (QED) is 0.576. The molecule has 134 valence electrons. The molecule has 4 N–H and O–H groups in total. The van der Waals surface area contributed by atoms with Crippen LogP contribution in [0.5, 0.6) is 0 Å². The van der Waals surface area contributed by atoms with E-state index in [-0.39, 0.29) is 22.4 Å². The highest BCUT2D eigenvalue weighted by Gasteiger charge is 2.18. The lowest BCUT2D eigenvalue weighted by Gasteiger charge is -2.09. The molecular formula is C18H16ClFN4OS. The molecule has 0 saturated carbocycles. The van der Waals surface area contributed by atoms with Crippen LogP contribution in [-0.4, -0.2) is 10.9 Å². The summed E-state index contributed by atoms with van der Waals surface area (Å²) >= 11 is 7.25. The third kappa shape index (κ3) is 3.79. The number of anilines is 4. The molecule has 0 atom stereocenters. The first-order valence-corrected chi connectivity index (χ1v) is 8.90. The summed E-state index contributed by atoms with van der Waals surface area (Å²) < 4.78 is 13.4. The second-order valence-electron chi connectivity index (χ2n) is 5.71. The van der Waals surface area contributed by atoms with Gasteiger partial charge >= 0.3 is 0 Å². The first kappa shape index (κ1) is 18.2. The second kappa shape index (κ2) is 7.31. The van der Waals surface area contributed by atoms with Crippen LogP contribution in [-0.2, 0) is 0 Å². The van der Waals surface area contributed by atoms with Gasteiger partial charge in [0, 0.05) is 5.69 Å². The number of carbonyl (C=O) groups is 1. The van der Waals surface area contributed by atoms with Crippen molar-refractivity contribution in [2.75, 3.05) is 16.4 Å². The molecule has 0 aliphatic rings. The number of nitrogens with two attached hydrogens (primary N) is 1. The van der Waals surface area contributed by atoms with E-state index in [2.05, 4.69) is 15.6 Å². The van der Waals surface area contributed by atoms with Crippen LogP contribution in [0, 0.1) is 19.7 Å². The van der Waals surface area contributed by atoms with Gasteiger partial charge in [-0.2, -0.15) is 0 Å². The van der Waals surface area contributed by atoms with Crippen LogP contribution in [0.4, 0.5) is 26.7 Å². The van der Waals surface area contributed by atoms with Crippen molar-refractivity contribution in [3.05, 3.63) is 63.2 Å². The topological polar surface area (TPSA) is 80.0 Å². The van der Waals surface area contributed by atoms with Crippen molar-refractivity contribution in [3.63, 3.8) is 0 Å². The molecule has 0 bridgehead atoms. The van der Waals surface area contributed by atoms with E-state index in [0.717, 1.165) is 16.9 Å². The minimum atomic E-state index is -0.389. The van der Waals surface area contributed by atoms with Crippen LogP contribution < -0.4 is 16.4 Å². The first-order valence-electron chi connectivity index (χ1n) is 7.71. The maximum absolute atomic E-state index is 13.4. The number of amides is 1. The van der Waals surface area contributed by atoms with Crippen molar-refractivity contribution in [1.82, 2.24) is 4.98 Å². The highest BCUT2D eigenvalue weighted by molar-refractivity contribution is 7.18. The number of carbonyl (C=O) groups excluding carboxylic acids is 1. The van der Waals surface area contributed by atoms with Crippen molar-refractivity contribution in [1.29, 1.82) is 0 Å². The lowest BCUT2D eigenvalue weighted by molar-refractivity contribution is 0.103. The molecule has 0 radical (unpaired) electrons. The largest absolute Gasteiger partial charge is 0.382 e. The Morgan fingerprint density at radius 3 is 2.69 bits per heavy atom. The van der Waals surface area contributed by atoms with E-state index < -0.39 is 0 Å². The van der Waals surface area contributed by atoms with Crippen molar-refractivity contribution in [2.45, 2.75) is 13.8 Å². The minimum Gasteiger partial charge on any atom is -0.382 e. The average Bonchev–Trinajstić information content (AvgIpc) is 2.95. The van der Waals surface area contributed by atoms with Crippen molar-refractivity contribution >= 4 is 51.2 Å². The molecule has 2 aromatic carbocycles. The molecule has 0 unspecified atom stereocenters. The molecule has 0 spiro atoms. The standard InChI is InChI=1S/C18H16ClFN4OS/c1-9-4-3-5-12(19)14(9)23-17(25)15-16(21)24-18(26-15)22-11-6-7-13(20)10(2)8-11/h3-8H,21H2,1-2H3,(H,22,24)(H,23,25). The van der Waals surface area contributed by atoms with E-state index in [1.54, 1.807) is 31.2 Å². The van der Waals surface area contributed by atoms with Gasteiger partial charge in [-0.25, -0.2) is 9.37 Å². The summed E-state index contributed by atoms with van der Waals surface area (Å²) in [5.74, 6) is -0.567. The van der Waals surface area contributed by atoms with Crippen molar-refractivity contribution < 1.29 is 9.18 Å². The Morgan fingerprint density at radius 2 is 2.00 bits per heavy atom. The SMILES string of the molecule is Cc1cc(Nc2nc(N)c(C(=O)Nc3c(C)cccc3Cl)s2)ccc1F. The Hall–Kier alpha value is -2.64. The zero-order valence-corrected chi connectivity index (χ0v) is 15.6. The number of nitrogens with one attached hydrogen (secondary N) is 2. The van der Waals surface area contributed by atoms with Gasteiger partial charge < -0.3 is 16.4 Å². The maximum Gasteiger partial charge on any atom is 0.269 e. The normalized spacial score (nSPS) is 10.6. The summed E-state index contributed by atoms with van der Waals surface area (Å²) in [6.45, 7) is 3.52. The number of thiazole rings is 1. The number of hydrogen-bond acceptors (Lipinski definition) is 5. The Bertz CT molecular complexity index is 969. The third-order valence-corrected chi connectivity index (χ3v) is 5.03. The monoisotopic (exact) mass is 390 g/mol. The van der Waals surface area contributed by atoms with E-state index in [1.165, 1.54) is 6.07 Å². The molecule has 0 aliphatic carbocycles. The molecule has 8 heteroatoms. The smallest absolute Gasteiger partial charge is 0.269 e. The Kier molecular flexibility index (Phi) is 5.11.